The fraction of sp³-hybridized carbons (Fsp3) is 0.875. The van der Waals surface area contributed by atoms with E-state index in [2.05, 4.69) is 0 Å². The van der Waals surface area contributed by atoms with Crippen molar-refractivity contribution in [2.75, 3.05) is 6.61 Å². The molecule has 13 heavy (non-hydrogen) atoms. The highest BCUT2D eigenvalue weighted by Crippen LogP contribution is 2.19. The van der Waals surface area contributed by atoms with Crippen LogP contribution in [0.5, 0.6) is 0 Å². The Morgan fingerprint density at radius 1 is 1.46 bits per heavy atom. The molecule has 0 fully saturated rings. The van der Waals surface area contributed by atoms with Crippen molar-refractivity contribution < 1.29 is 9.53 Å². The zero-order valence-corrected chi connectivity index (χ0v) is 9.65. The molecule has 0 N–H and O–H groups in total. The smallest absolute Gasteiger partial charge is 0.305 e. The van der Waals surface area contributed by atoms with Gasteiger partial charge in [0, 0.05) is 6.42 Å². The van der Waals surface area contributed by atoms with Gasteiger partial charge < -0.3 is 4.74 Å². The van der Waals surface area contributed by atoms with Crippen LogP contribution >= 0.6 is 23.6 Å². The van der Waals surface area contributed by atoms with Gasteiger partial charge >= 0.3 is 5.97 Å². The van der Waals surface area contributed by atoms with Crippen molar-refractivity contribution in [2.24, 2.45) is 0 Å². The normalized spacial score (nSPS) is 11.8. The fourth-order valence-electron chi connectivity index (χ4n) is 0.582. The van der Waals surface area contributed by atoms with Crippen molar-refractivity contribution in [1.82, 2.24) is 3.94 Å². The fourth-order valence-corrected chi connectivity index (χ4v) is 0.680. The lowest BCUT2D eigenvalue weighted by Crippen LogP contribution is -2.37. The van der Waals surface area contributed by atoms with Gasteiger partial charge in [-0.05, 0) is 43.8 Å². The molecule has 0 aliphatic carbocycles. The molecule has 0 saturated carbocycles. The van der Waals surface area contributed by atoms with Gasteiger partial charge in [0.1, 0.15) is 6.61 Å². The Hall–Kier alpha value is 0.01000. The molecule has 0 heterocycles. The monoisotopic (exact) mass is 227 g/mol. The molecule has 0 unspecified atom stereocenters. The first-order valence-electron chi connectivity index (χ1n) is 4.17. The molecule has 0 bridgehead atoms. The summed E-state index contributed by atoms with van der Waals surface area (Å²) in [5.74, 6) is -0.217. The molecule has 0 aromatic rings. The highest BCUT2D eigenvalue weighted by molar-refractivity contribution is 6.34. The Labute approximate surface area is 89.2 Å². The van der Waals surface area contributed by atoms with Crippen LogP contribution in [0.2, 0.25) is 0 Å². The van der Waals surface area contributed by atoms with Crippen LogP contribution in [0.1, 0.15) is 33.6 Å². The molecule has 0 aromatic carbocycles. The summed E-state index contributed by atoms with van der Waals surface area (Å²) in [4.78, 5) is 11.0. The molecule has 0 radical (unpaired) electrons. The van der Waals surface area contributed by atoms with Crippen LogP contribution in [0.4, 0.5) is 0 Å². The van der Waals surface area contributed by atoms with E-state index in [1.807, 2.05) is 6.92 Å². The number of esters is 1. The molecule has 0 aliphatic rings. The lowest BCUT2D eigenvalue weighted by molar-refractivity contribution is -0.146. The second-order valence-electron chi connectivity index (χ2n) is 3.46. The van der Waals surface area contributed by atoms with Crippen LogP contribution in [0.25, 0.3) is 0 Å². The van der Waals surface area contributed by atoms with E-state index < -0.39 is 5.54 Å². The highest BCUT2D eigenvalue weighted by atomic mass is 35.5. The molecule has 0 saturated heterocycles. The van der Waals surface area contributed by atoms with Crippen LogP contribution < -0.4 is 0 Å². The first kappa shape index (κ1) is 13.0. The summed E-state index contributed by atoms with van der Waals surface area (Å²) >= 11 is 11.1. The number of carbonyl (C=O) groups excluding carboxylic acids is 1. The number of carbonyl (C=O) groups is 1. The summed E-state index contributed by atoms with van der Waals surface area (Å²) in [7, 11) is 0. The topological polar surface area (TPSA) is 29.5 Å². The van der Waals surface area contributed by atoms with Crippen molar-refractivity contribution >= 4 is 29.5 Å². The Balaban J connectivity index is 3.81. The minimum atomic E-state index is -0.549. The lowest BCUT2D eigenvalue weighted by atomic mass is 10.1. The van der Waals surface area contributed by atoms with E-state index in [1.165, 1.54) is 0 Å². The minimum Gasteiger partial charge on any atom is -0.464 e. The van der Waals surface area contributed by atoms with Crippen LogP contribution in [0.15, 0.2) is 0 Å². The van der Waals surface area contributed by atoms with Gasteiger partial charge in [0.05, 0.1) is 5.54 Å². The number of nitrogens with zero attached hydrogens (tertiary/aromatic N) is 1. The third-order valence-electron chi connectivity index (χ3n) is 1.50. The number of rotatable bonds is 5. The molecule has 0 spiro atoms. The van der Waals surface area contributed by atoms with Crippen molar-refractivity contribution in [3.63, 3.8) is 0 Å². The predicted molar refractivity (Wildman–Crippen MR) is 53.5 cm³/mol. The SMILES string of the molecule is CCCC(=O)OCC(C)(C)N(Cl)Cl. The van der Waals surface area contributed by atoms with Crippen molar-refractivity contribution in [3.05, 3.63) is 0 Å². The van der Waals surface area contributed by atoms with Gasteiger partial charge in [-0.25, -0.2) is 0 Å². The Morgan fingerprint density at radius 2 is 2.00 bits per heavy atom. The summed E-state index contributed by atoms with van der Waals surface area (Å²) in [6, 6.07) is 0. The van der Waals surface area contributed by atoms with Gasteiger partial charge in [0.2, 0.25) is 0 Å². The Morgan fingerprint density at radius 3 is 2.38 bits per heavy atom. The van der Waals surface area contributed by atoms with Crippen LogP contribution in [0, 0.1) is 0 Å². The van der Waals surface area contributed by atoms with Gasteiger partial charge in [0.25, 0.3) is 0 Å². The Bertz CT molecular complexity index is 172. The van der Waals surface area contributed by atoms with E-state index in [9.17, 15) is 4.79 Å². The zero-order chi connectivity index (χ0) is 10.5. The molecule has 3 nitrogen and oxygen atoms in total. The quantitative estimate of drug-likeness (QED) is 0.535. The average Bonchev–Trinajstić information content (AvgIpc) is 2.01. The number of halogens is 2. The third kappa shape index (κ3) is 5.34. The maximum atomic E-state index is 11.0. The van der Waals surface area contributed by atoms with E-state index in [0.717, 1.165) is 10.4 Å². The third-order valence-corrected chi connectivity index (χ3v) is 2.41. The van der Waals surface area contributed by atoms with Gasteiger partial charge in [-0.15, -0.1) is 3.94 Å². The second-order valence-corrected chi connectivity index (χ2v) is 4.31. The van der Waals surface area contributed by atoms with E-state index >= 15 is 0 Å². The first-order chi connectivity index (χ1) is 5.90. The number of ether oxygens (including phenoxy) is 1. The van der Waals surface area contributed by atoms with Crippen LogP contribution in [-0.4, -0.2) is 22.1 Å². The van der Waals surface area contributed by atoms with Crippen molar-refractivity contribution in [2.45, 2.75) is 39.2 Å². The van der Waals surface area contributed by atoms with E-state index in [-0.39, 0.29) is 12.6 Å². The van der Waals surface area contributed by atoms with Crippen LogP contribution in [0.3, 0.4) is 0 Å². The van der Waals surface area contributed by atoms with E-state index in [0.29, 0.717) is 6.42 Å². The summed E-state index contributed by atoms with van der Waals surface area (Å²) < 4.78 is 5.95. The minimum absolute atomic E-state index is 0.193. The van der Waals surface area contributed by atoms with Crippen molar-refractivity contribution in [1.29, 1.82) is 0 Å². The molecule has 78 valence electrons. The molecule has 0 amide bonds. The van der Waals surface area contributed by atoms with Crippen LogP contribution in [-0.2, 0) is 9.53 Å². The Kier molecular flexibility index (Phi) is 5.68. The van der Waals surface area contributed by atoms with Gasteiger partial charge in [0.15, 0.2) is 0 Å². The predicted octanol–water partition coefficient (Wildman–Crippen LogP) is 2.72. The molecule has 5 heteroatoms. The van der Waals surface area contributed by atoms with E-state index in [1.54, 1.807) is 13.8 Å². The number of hydrogen-bond acceptors (Lipinski definition) is 3. The molecule has 0 rings (SSSR count). The maximum absolute atomic E-state index is 11.0. The first-order valence-corrected chi connectivity index (χ1v) is 4.85. The largest absolute Gasteiger partial charge is 0.464 e. The van der Waals surface area contributed by atoms with Gasteiger partial charge in [-0.1, -0.05) is 6.92 Å². The molecule has 0 atom stereocenters. The molecule has 0 aliphatic heterocycles. The van der Waals surface area contributed by atoms with Crippen molar-refractivity contribution in [3.8, 4) is 0 Å². The molecule has 0 aromatic heterocycles. The summed E-state index contributed by atoms with van der Waals surface area (Å²) in [6.07, 6.45) is 1.21. The summed E-state index contributed by atoms with van der Waals surface area (Å²) in [5, 5.41) is 0. The molecular formula is C8H15Cl2NO2. The van der Waals surface area contributed by atoms with Gasteiger partial charge in [-0.3, -0.25) is 4.79 Å². The zero-order valence-electron chi connectivity index (χ0n) is 8.14. The highest BCUT2D eigenvalue weighted by Gasteiger charge is 2.26. The standard InChI is InChI=1S/C8H15Cl2NO2/c1-4-5-7(12)13-6-8(2,3)11(9)10/h4-6H2,1-3H3. The number of hydrogen-bond donors (Lipinski definition) is 0. The summed E-state index contributed by atoms with van der Waals surface area (Å²) in [5.41, 5.74) is -0.549. The molecular weight excluding hydrogens is 213 g/mol. The maximum Gasteiger partial charge on any atom is 0.305 e. The van der Waals surface area contributed by atoms with E-state index in [4.69, 9.17) is 28.3 Å². The second kappa shape index (κ2) is 5.68. The van der Waals surface area contributed by atoms with Gasteiger partial charge in [-0.2, -0.15) is 0 Å². The summed E-state index contributed by atoms with van der Waals surface area (Å²) in [6.45, 7) is 5.68. The lowest BCUT2D eigenvalue weighted by Gasteiger charge is -2.26. The average molecular weight is 228 g/mol.